The molecule has 0 saturated carbocycles. The van der Waals surface area contributed by atoms with Crippen molar-refractivity contribution >= 4 is 17.7 Å². The molecule has 0 fully saturated rings. The van der Waals surface area contributed by atoms with E-state index in [1.54, 1.807) is 23.9 Å². The summed E-state index contributed by atoms with van der Waals surface area (Å²) in [4.78, 5) is 12.6. The maximum absolute atomic E-state index is 12.6. The number of hydrogen-bond acceptors (Lipinski definition) is 5. The largest absolute Gasteiger partial charge is 0.493 e. The molecule has 0 aliphatic rings. The second-order valence-electron chi connectivity index (χ2n) is 6.97. The van der Waals surface area contributed by atoms with Crippen molar-refractivity contribution in [1.82, 2.24) is 20.1 Å². The van der Waals surface area contributed by atoms with Gasteiger partial charge in [-0.1, -0.05) is 62.0 Å². The van der Waals surface area contributed by atoms with Crippen molar-refractivity contribution in [2.24, 2.45) is 13.0 Å². The molecule has 1 atom stereocenters. The minimum atomic E-state index is -0.227. The minimum Gasteiger partial charge on any atom is -0.493 e. The molecule has 1 N–H and O–H groups in total. The fourth-order valence-electron chi connectivity index (χ4n) is 2.88. The smallest absolute Gasteiger partial charge is 0.251 e. The number of benzene rings is 2. The van der Waals surface area contributed by atoms with Gasteiger partial charge in [0, 0.05) is 18.4 Å². The molecular formula is C22H26N4O2S. The number of nitrogens with zero attached hydrogens (tertiary/aromatic N) is 3. The number of carbonyl (C=O) groups is 1. The molecule has 2 aromatic carbocycles. The van der Waals surface area contributed by atoms with Crippen LogP contribution in [0, 0.1) is 5.92 Å². The van der Waals surface area contributed by atoms with Gasteiger partial charge in [0.1, 0.15) is 5.75 Å². The average molecular weight is 411 g/mol. The van der Waals surface area contributed by atoms with Gasteiger partial charge in [0.15, 0.2) is 11.0 Å². The van der Waals surface area contributed by atoms with Crippen LogP contribution in [0.5, 0.6) is 5.75 Å². The molecule has 0 saturated heterocycles. The highest BCUT2D eigenvalue weighted by molar-refractivity contribution is 7.99. The monoisotopic (exact) mass is 410 g/mol. The fourth-order valence-corrected chi connectivity index (χ4v) is 3.61. The maximum Gasteiger partial charge on any atom is 0.251 e. The molecule has 3 aromatic rings. The van der Waals surface area contributed by atoms with Crippen molar-refractivity contribution in [3.8, 4) is 5.75 Å². The number of aromatic nitrogens is 3. The van der Waals surface area contributed by atoms with Crippen molar-refractivity contribution < 1.29 is 9.53 Å². The van der Waals surface area contributed by atoms with Crippen LogP contribution in [0.25, 0.3) is 0 Å². The van der Waals surface area contributed by atoms with Crippen LogP contribution in [0.15, 0.2) is 65.8 Å². The zero-order chi connectivity index (χ0) is 20.6. The number of amides is 1. The third kappa shape index (κ3) is 5.60. The summed E-state index contributed by atoms with van der Waals surface area (Å²) in [5.41, 5.74) is 0.632. The van der Waals surface area contributed by atoms with Crippen LogP contribution in [0.4, 0.5) is 0 Å². The van der Waals surface area contributed by atoms with Crippen LogP contribution in [0.3, 0.4) is 0 Å². The van der Waals surface area contributed by atoms with Crippen LogP contribution < -0.4 is 10.1 Å². The fraction of sp³-hybridized carbons (Fsp3) is 0.318. The van der Waals surface area contributed by atoms with E-state index in [0.29, 0.717) is 12.2 Å². The summed E-state index contributed by atoms with van der Waals surface area (Å²) in [6.45, 7) is 4.70. The van der Waals surface area contributed by atoms with Gasteiger partial charge < -0.3 is 14.6 Å². The second kappa shape index (κ2) is 10.1. The van der Waals surface area contributed by atoms with Crippen molar-refractivity contribution in [3.05, 3.63) is 72.1 Å². The molecule has 0 spiro atoms. The third-order valence-electron chi connectivity index (χ3n) is 4.46. The first kappa shape index (κ1) is 20.9. The van der Waals surface area contributed by atoms with Gasteiger partial charge in [0.25, 0.3) is 5.91 Å². The molecule has 1 heterocycles. The Hall–Kier alpha value is -2.80. The number of hydrogen-bond donors (Lipinski definition) is 1. The summed E-state index contributed by atoms with van der Waals surface area (Å²) < 4.78 is 7.67. The van der Waals surface area contributed by atoms with Crippen molar-refractivity contribution in [2.75, 3.05) is 12.4 Å². The Balaban J connectivity index is 1.61. The Kier molecular flexibility index (Phi) is 7.30. The van der Waals surface area contributed by atoms with E-state index in [0.717, 1.165) is 22.5 Å². The standard InChI is InChI=1S/C22H26N4O2S/c1-16(2)19(23-21(27)17-10-6-4-7-11-17)20-24-25-22(26(20)3)29-15-14-28-18-12-8-5-9-13-18/h4-13,16,19H,14-15H2,1-3H3,(H,23,27). The lowest BCUT2D eigenvalue weighted by Crippen LogP contribution is -2.33. The predicted molar refractivity (Wildman–Crippen MR) is 115 cm³/mol. The Morgan fingerprint density at radius 3 is 2.38 bits per heavy atom. The molecule has 1 amide bonds. The highest BCUT2D eigenvalue weighted by Crippen LogP contribution is 2.24. The first-order valence-corrected chi connectivity index (χ1v) is 10.6. The molecular weight excluding hydrogens is 384 g/mol. The Morgan fingerprint density at radius 1 is 1.07 bits per heavy atom. The molecule has 0 radical (unpaired) electrons. The molecule has 6 nitrogen and oxygen atoms in total. The minimum absolute atomic E-state index is 0.113. The van der Waals surface area contributed by atoms with Crippen LogP contribution >= 0.6 is 11.8 Å². The molecule has 0 aliphatic carbocycles. The summed E-state index contributed by atoms with van der Waals surface area (Å²) in [5.74, 6) is 2.41. The normalized spacial score (nSPS) is 12.0. The van der Waals surface area contributed by atoms with Gasteiger partial charge in [-0.2, -0.15) is 0 Å². The lowest BCUT2D eigenvalue weighted by molar-refractivity contribution is 0.0922. The van der Waals surface area contributed by atoms with Crippen molar-refractivity contribution in [1.29, 1.82) is 0 Å². The molecule has 29 heavy (non-hydrogen) atoms. The number of ether oxygens (including phenoxy) is 1. The van der Waals surface area contributed by atoms with E-state index in [2.05, 4.69) is 29.4 Å². The van der Waals surface area contributed by atoms with E-state index in [1.165, 1.54) is 0 Å². The zero-order valence-electron chi connectivity index (χ0n) is 16.9. The molecule has 7 heteroatoms. The van der Waals surface area contributed by atoms with E-state index in [-0.39, 0.29) is 17.9 Å². The maximum atomic E-state index is 12.6. The van der Waals surface area contributed by atoms with Gasteiger partial charge in [-0.3, -0.25) is 4.79 Å². The summed E-state index contributed by atoms with van der Waals surface area (Å²) in [5, 5.41) is 12.6. The zero-order valence-corrected chi connectivity index (χ0v) is 17.7. The van der Waals surface area contributed by atoms with Gasteiger partial charge in [0.2, 0.25) is 0 Å². The SMILES string of the molecule is CC(C)C(NC(=O)c1ccccc1)c1nnc(SCCOc2ccccc2)n1C. The van der Waals surface area contributed by atoms with E-state index in [1.807, 2.05) is 60.1 Å². The quantitative estimate of drug-likeness (QED) is 0.425. The molecule has 1 unspecified atom stereocenters. The molecule has 1 aromatic heterocycles. The van der Waals surface area contributed by atoms with Crippen LogP contribution in [-0.4, -0.2) is 33.0 Å². The highest BCUT2D eigenvalue weighted by Gasteiger charge is 2.25. The van der Waals surface area contributed by atoms with Crippen LogP contribution in [0.2, 0.25) is 0 Å². The van der Waals surface area contributed by atoms with Crippen molar-refractivity contribution in [3.63, 3.8) is 0 Å². The van der Waals surface area contributed by atoms with E-state index in [4.69, 9.17) is 4.74 Å². The van der Waals surface area contributed by atoms with Gasteiger partial charge in [-0.25, -0.2) is 0 Å². The van der Waals surface area contributed by atoms with Gasteiger partial charge in [0.05, 0.1) is 12.6 Å². The van der Waals surface area contributed by atoms with Crippen LogP contribution in [-0.2, 0) is 7.05 Å². The number of carbonyl (C=O) groups excluding carboxylic acids is 1. The summed E-state index contributed by atoms with van der Waals surface area (Å²) in [7, 11) is 1.93. The highest BCUT2D eigenvalue weighted by atomic mass is 32.2. The molecule has 152 valence electrons. The predicted octanol–water partition coefficient (Wildman–Crippen LogP) is 4.11. The van der Waals surface area contributed by atoms with Crippen molar-refractivity contribution in [2.45, 2.75) is 25.0 Å². The summed E-state index contributed by atoms with van der Waals surface area (Å²) >= 11 is 1.58. The molecule has 0 bridgehead atoms. The Bertz CT molecular complexity index is 913. The Labute approximate surface area is 175 Å². The molecule has 0 aliphatic heterocycles. The number of rotatable bonds is 9. The number of nitrogens with one attached hydrogen (secondary N) is 1. The van der Waals surface area contributed by atoms with Gasteiger partial charge in [-0.15, -0.1) is 10.2 Å². The lowest BCUT2D eigenvalue weighted by atomic mass is 10.0. The second-order valence-corrected chi connectivity index (χ2v) is 8.03. The van der Waals surface area contributed by atoms with Crippen LogP contribution in [0.1, 0.15) is 36.1 Å². The first-order valence-electron chi connectivity index (χ1n) is 9.62. The number of para-hydroxylation sites is 1. The Morgan fingerprint density at radius 2 is 1.72 bits per heavy atom. The van der Waals surface area contributed by atoms with E-state index in [9.17, 15) is 4.79 Å². The third-order valence-corrected chi connectivity index (χ3v) is 5.45. The van der Waals surface area contributed by atoms with Gasteiger partial charge in [-0.05, 0) is 30.2 Å². The number of thioether (sulfide) groups is 1. The molecule has 3 rings (SSSR count). The summed E-state index contributed by atoms with van der Waals surface area (Å²) in [6, 6.07) is 18.7. The van der Waals surface area contributed by atoms with E-state index >= 15 is 0 Å². The first-order chi connectivity index (χ1) is 14.1. The average Bonchev–Trinajstić information content (AvgIpc) is 3.10. The van der Waals surface area contributed by atoms with E-state index < -0.39 is 0 Å². The topological polar surface area (TPSA) is 69.0 Å². The summed E-state index contributed by atoms with van der Waals surface area (Å²) in [6.07, 6.45) is 0. The lowest BCUT2D eigenvalue weighted by Gasteiger charge is -2.21. The van der Waals surface area contributed by atoms with Gasteiger partial charge >= 0.3 is 0 Å².